The quantitative estimate of drug-likeness (QED) is 0.598. The summed E-state index contributed by atoms with van der Waals surface area (Å²) < 4.78 is 14.2. The maximum atomic E-state index is 13.3. The molecule has 0 aliphatic carbocycles. The molecule has 0 amide bonds. The fraction of sp³-hybridized carbons (Fsp3) is 0.294. The predicted octanol–water partition coefficient (Wildman–Crippen LogP) is 3.28. The van der Waals surface area contributed by atoms with Crippen molar-refractivity contribution in [3.8, 4) is 0 Å². The minimum absolute atomic E-state index is 0.258. The molecular weight excluding hydrogens is 359 g/mol. The molecule has 2 N–H and O–H groups in total. The highest BCUT2D eigenvalue weighted by Crippen LogP contribution is 2.18. The van der Waals surface area contributed by atoms with Crippen LogP contribution in [0.4, 0.5) is 4.39 Å². The number of aliphatic imine (C=N–C) groups is 1. The summed E-state index contributed by atoms with van der Waals surface area (Å²) in [5.41, 5.74) is 1.84. The SMILES string of the molecule is CCNC(=NCc1cc(F)ccc1Br)NCCc1ccccn1. The Labute approximate surface area is 144 Å². The van der Waals surface area contributed by atoms with E-state index in [4.69, 9.17) is 0 Å². The van der Waals surface area contributed by atoms with E-state index in [2.05, 4.69) is 36.5 Å². The lowest BCUT2D eigenvalue weighted by Crippen LogP contribution is -2.38. The van der Waals surface area contributed by atoms with Gasteiger partial charge < -0.3 is 10.6 Å². The van der Waals surface area contributed by atoms with Crippen molar-refractivity contribution in [2.45, 2.75) is 19.9 Å². The molecular formula is C17H20BrFN4. The average Bonchev–Trinajstić information content (AvgIpc) is 2.56. The highest BCUT2D eigenvalue weighted by atomic mass is 79.9. The maximum absolute atomic E-state index is 13.3. The monoisotopic (exact) mass is 378 g/mol. The number of aromatic nitrogens is 1. The Balaban J connectivity index is 1.93. The van der Waals surface area contributed by atoms with E-state index < -0.39 is 0 Å². The topological polar surface area (TPSA) is 49.3 Å². The molecule has 0 spiro atoms. The Morgan fingerprint density at radius 2 is 2.13 bits per heavy atom. The van der Waals surface area contributed by atoms with Crippen molar-refractivity contribution in [3.05, 3.63) is 64.1 Å². The lowest BCUT2D eigenvalue weighted by Gasteiger charge is -2.11. The molecule has 2 rings (SSSR count). The van der Waals surface area contributed by atoms with Gasteiger partial charge in [-0.1, -0.05) is 22.0 Å². The van der Waals surface area contributed by atoms with Gasteiger partial charge >= 0.3 is 0 Å². The first kappa shape index (κ1) is 17.4. The van der Waals surface area contributed by atoms with Gasteiger partial charge in [0.25, 0.3) is 0 Å². The Morgan fingerprint density at radius 3 is 2.87 bits per heavy atom. The van der Waals surface area contributed by atoms with Gasteiger partial charge in [0.2, 0.25) is 0 Å². The number of pyridine rings is 1. The van der Waals surface area contributed by atoms with E-state index in [9.17, 15) is 4.39 Å². The standard InChI is InChI=1S/C17H20BrFN4/c1-2-20-17(22-10-8-15-5-3-4-9-21-15)23-12-13-11-14(19)6-7-16(13)18/h3-7,9,11H,2,8,10,12H2,1H3,(H2,20,22,23). The third kappa shape index (κ3) is 5.98. The van der Waals surface area contributed by atoms with Crippen molar-refractivity contribution >= 4 is 21.9 Å². The van der Waals surface area contributed by atoms with Gasteiger partial charge in [-0.25, -0.2) is 9.38 Å². The Hall–Kier alpha value is -1.95. The molecule has 1 heterocycles. The summed E-state index contributed by atoms with van der Waals surface area (Å²) in [7, 11) is 0. The average molecular weight is 379 g/mol. The Bertz CT molecular complexity index is 646. The molecule has 6 heteroatoms. The number of guanidine groups is 1. The van der Waals surface area contributed by atoms with Crippen LogP contribution in [0.1, 0.15) is 18.2 Å². The third-order valence-corrected chi connectivity index (χ3v) is 3.93. The fourth-order valence-corrected chi connectivity index (χ4v) is 2.40. The van der Waals surface area contributed by atoms with E-state index in [-0.39, 0.29) is 5.82 Å². The van der Waals surface area contributed by atoms with Gasteiger partial charge in [-0.3, -0.25) is 4.98 Å². The molecule has 1 aromatic carbocycles. The minimum atomic E-state index is -0.258. The molecule has 0 unspecified atom stereocenters. The molecule has 0 aliphatic rings. The van der Waals surface area contributed by atoms with E-state index in [0.717, 1.165) is 35.2 Å². The summed E-state index contributed by atoms with van der Waals surface area (Å²) in [5, 5.41) is 6.45. The molecule has 0 atom stereocenters. The molecule has 0 aliphatic heterocycles. The van der Waals surface area contributed by atoms with E-state index >= 15 is 0 Å². The fourth-order valence-electron chi connectivity index (χ4n) is 2.03. The predicted molar refractivity (Wildman–Crippen MR) is 94.9 cm³/mol. The summed E-state index contributed by atoms with van der Waals surface area (Å²) in [6.45, 7) is 3.90. The number of nitrogens with zero attached hydrogens (tertiary/aromatic N) is 2. The van der Waals surface area contributed by atoms with Gasteiger partial charge in [0.05, 0.1) is 6.54 Å². The first-order valence-corrected chi connectivity index (χ1v) is 8.34. The van der Waals surface area contributed by atoms with Gasteiger partial charge in [0, 0.05) is 35.9 Å². The van der Waals surface area contributed by atoms with E-state index in [0.29, 0.717) is 12.5 Å². The van der Waals surface area contributed by atoms with E-state index in [1.807, 2.05) is 25.1 Å². The van der Waals surface area contributed by atoms with E-state index in [1.165, 1.54) is 12.1 Å². The summed E-state index contributed by atoms with van der Waals surface area (Å²) >= 11 is 3.42. The molecule has 0 bridgehead atoms. The number of hydrogen-bond donors (Lipinski definition) is 2. The van der Waals surface area contributed by atoms with Crippen LogP contribution in [0.2, 0.25) is 0 Å². The smallest absolute Gasteiger partial charge is 0.191 e. The lowest BCUT2D eigenvalue weighted by atomic mass is 10.2. The van der Waals surface area contributed by atoms with Crippen LogP contribution < -0.4 is 10.6 Å². The van der Waals surface area contributed by atoms with Crippen LogP contribution in [-0.4, -0.2) is 24.0 Å². The molecule has 4 nitrogen and oxygen atoms in total. The zero-order valence-corrected chi connectivity index (χ0v) is 14.6. The number of rotatable bonds is 6. The summed E-state index contributed by atoms with van der Waals surface area (Å²) in [6, 6.07) is 10.5. The van der Waals surface area contributed by atoms with Crippen molar-refractivity contribution in [3.63, 3.8) is 0 Å². The second kappa shape index (κ2) is 9.25. The van der Waals surface area contributed by atoms with Crippen LogP contribution in [0.25, 0.3) is 0 Å². The summed E-state index contributed by atoms with van der Waals surface area (Å²) in [4.78, 5) is 8.78. The van der Waals surface area contributed by atoms with Crippen LogP contribution in [-0.2, 0) is 13.0 Å². The Morgan fingerprint density at radius 1 is 1.26 bits per heavy atom. The molecule has 0 radical (unpaired) electrons. The summed E-state index contributed by atoms with van der Waals surface area (Å²) in [5.74, 6) is 0.450. The second-order valence-electron chi connectivity index (χ2n) is 4.93. The van der Waals surface area contributed by atoms with Crippen LogP contribution in [0.3, 0.4) is 0 Å². The Kier molecular flexibility index (Phi) is 7.00. The molecule has 0 fully saturated rings. The molecule has 1 aromatic heterocycles. The van der Waals surface area contributed by atoms with Gasteiger partial charge in [0.1, 0.15) is 5.82 Å². The molecule has 23 heavy (non-hydrogen) atoms. The van der Waals surface area contributed by atoms with Gasteiger partial charge in [-0.05, 0) is 42.8 Å². The lowest BCUT2D eigenvalue weighted by molar-refractivity contribution is 0.625. The van der Waals surface area contributed by atoms with Crippen LogP contribution >= 0.6 is 15.9 Å². The van der Waals surface area contributed by atoms with Crippen LogP contribution in [0.5, 0.6) is 0 Å². The number of halogens is 2. The van der Waals surface area contributed by atoms with Crippen molar-refractivity contribution in [1.29, 1.82) is 0 Å². The highest BCUT2D eigenvalue weighted by Gasteiger charge is 2.03. The molecule has 122 valence electrons. The molecule has 0 saturated heterocycles. The van der Waals surface area contributed by atoms with Gasteiger partial charge in [0.15, 0.2) is 5.96 Å². The third-order valence-electron chi connectivity index (χ3n) is 3.16. The number of nitrogens with one attached hydrogen (secondary N) is 2. The van der Waals surface area contributed by atoms with Crippen molar-refractivity contribution in [1.82, 2.24) is 15.6 Å². The normalized spacial score (nSPS) is 11.3. The maximum Gasteiger partial charge on any atom is 0.191 e. The van der Waals surface area contributed by atoms with Crippen molar-refractivity contribution in [2.75, 3.05) is 13.1 Å². The summed E-state index contributed by atoms with van der Waals surface area (Å²) in [6.07, 6.45) is 2.60. The van der Waals surface area contributed by atoms with Crippen LogP contribution in [0, 0.1) is 5.82 Å². The highest BCUT2D eigenvalue weighted by molar-refractivity contribution is 9.10. The largest absolute Gasteiger partial charge is 0.357 e. The van der Waals surface area contributed by atoms with Crippen LogP contribution in [0.15, 0.2) is 52.1 Å². The number of hydrogen-bond acceptors (Lipinski definition) is 2. The molecule has 2 aromatic rings. The van der Waals surface area contributed by atoms with E-state index in [1.54, 1.807) is 12.3 Å². The zero-order valence-electron chi connectivity index (χ0n) is 13.0. The second-order valence-corrected chi connectivity index (χ2v) is 5.78. The molecule has 0 saturated carbocycles. The van der Waals surface area contributed by atoms with Crippen molar-refractivity contribution in [2.24, 2.45) is 4.99 Å². The minimum Gasteiger partial charge on any atom is -0.357 e. The zero-order chi connectivity index (χ0) is 16.5. The first-order chi connectivity index (χ1) is 11.2. The number of benzene rings is 1. The van der Waals surface area contributed by atoms with Crippen molar-refractivity contribution < 1.29 is 4.39 Å². The first-order valence-electron chi connectivity index (χ1n) is 7.55. The van der Waals surface area contributed by atoms with Gasteiger partial charge in [-0.15, -0.1) is 0 Å². The van der Waals surface area contributed by atoms with Gasteiger partial charge in [-0.2, -0.15) is 0 Å².